The van der Waals surface area contributed by atoms with Crippen molar-refractivity contribution in [2.24, 2.45) is 5.41 Å². The van der Waals surface area contributed by atoms with E-state index in [-0.39, 0.29) is 23.4 Å². The Bertz CT molecular complexity index is 1120. The Morgan fingerprint density at radius 2 is 1.93 bits per heavy atom. The largest absolute Gasteiger partial charge is 0.351 e. The van der Waals surface area contributed by atoms with Gasteiger partial charge >= 0.3 is 0 Å². The van der Waals surface area contributed by atoms with Gasteiger partial charge in [0.25, 0.3) is 5.56 Å². The third kappa shape index (κ3) is 3.41. The number of nitrogens with zero attached hydrogens (tertiary/aromatic N) is 4. The minimum absolute atomic E-state index is 0.0170. The monoisotopic (exact) mass is 431 g/mol. The average Bonchev–Trinajstić information content (AvgIpc) is 3.41. The number of aromatic nitrogens is 3. The number of nitrogens with one attached hydrogen (secondary N) is 1. The summed E-state index contributed by atoms with van der Waals surface area (Å²) >= 11 is 0. The molecule has 9 heteroatoms. The fraction of sp³-hybridized carbons (Fsp3) is 0.667. The second-order valence-corrected chi connectivity index (χ2v) is 11.3. The maximum absolute atomic E-state index is 12.8. The Morgan fingerprint density at radius 3 is 2.63 bits per heavy atom. The van der Waals surface area contributed by atoms with Gasteiger partial charge in [0.15, 0.2) is 0 Å². The molecule has 2 aliphatic carbocycles. The van der Waals surface area contributed by atoms with Crippen LogP contribution in [0.15, 0.2) is 23.1 Å². The summed E-state index contributed by atoms with van der Waals surface area (Å²) in [5.41, 5.74) is 1.03. The molecule has 2 saturated carbocycles. The van der Waals surface area contributed by atoms with Gasteiger partial charge < -0.3 is 5.32 Å². The topological polar surface area (TPSA) is 97.2 Å². The molecule has 2 aromatic rings. The second kappa shape index (κ2) is 7.30. The highest BCUT2D eigenvalue weighted by Gasteiger charge is 2.53. The predicted molar refractivity (Wildman–Crippen MR) is 116 cm³/mol. The van der Waals surface area contributed by atoms with Gasteiger partial charge in [-0.15, -0.1) is 0 Å². The Hall–Kier alpha value is -2.00. The lowest BCUT2D eigenvalue weighted by Crippen LogP contribution is -2.43. The summed E-state index contributed by atoms with van der Waals surface area (Å²) in [6.07, 6.45) is 9.04. The first-order chi connectivity index (χ1) is 14.4. The van der Waals surface area contributed by atoms with Gasteiger partial charge in [0.1, 0.15) is 5.65 Å². The Balaban J connectivity index is 1.39. The fourth-order valence-corrected chi connectivity index (χ4v) is 6.45. The molecule has 2 aromatic heterocycles. The molecule has 1 saturated heterocycles. The number of piperidine rings is 1. The molecule has 162 valence electrons. The summed E-state index contributed by atoms with van der Waals surface area (Å²) < 4.78 is 27.6. The molecule has 30 heavy (non-hydrogen) atoms. The van der Waals surface area contributed by atoms with Gasteiger partial charge in [-0.05, 0) is 56.9 Å². The summed E-state index contributed by atoms with van der Waals surface area (Å²) in [7, 11) is -3.14. The van der Waals surface area contributed by atoms with Crippen LogP contribution in [0.3, 0.4) is 0 Å². The Kier molecular flexibility index (Phi) is 4.85. The Labute approximate surface area is 176 Å². The van der Waals surface area contributed by atoms with E-state index in [0.717, 1.165) is 11.8 Å². The summed E-state index contributed by atoms with van der Waals surface area (Å²) in [6, 6.07) is 3.80. The van der Waals surface area contributed by atoms with Crippen LogP contribution in [-0.2, 0) is 10.0 Å². The maximum atomic E-state index is 12.8. The van der Waals surface area contributed by atoms with Gasteiger partial charge in [-0.25, -0.2) is 17.7 Å². The van der Waals surface area contributed by atoms with Gasteiger partial charge in [-0.2, -0.15) is 4.98 Å². The average molecular weight is 432 g/mol. The molecule has 3 fully saturated rings. The van der Waals surface area contributed by atoms with E-state index in [4.69, 9.17) is 4.98 Å². The minimum Gasteiger partial charge on any atom is -0.351 e. The fourth-order valence-electron chi connectivity index (χ4n) is 5.32. The van der Waals surface area contributed by atoms with Crippen LogP contribution in [0.1, 0.15) is 57.9 Å². The Morgan fingerprint density at radius 1 is 1.17 bits per heavy atom. The van der Waals surface area contributed by atoms with Crippen LogP contribution in [0.5, 0.6) is 0 Å². The third-order valence-corrected chi connectivity index (χ3v) is 9.16. The molecule has 1 aliphatic heterocycles. The first kappa shape index (κ1) is 19.9. The first-order valence-electron chi connectivity index (χ1n) is 11.0. The van der Waals surface area contributed by atoms with E-state index in [1.165, 1.54) is 25.7 Å². The first-order valence-corrected chi connectivity index (χ1v) is 12.7. The van der Waals surface area contributed by atoms with E-state index in [1.807, 2.05) is 4.57 Å². The van der Waals surface area contributed by atoms with Crippen LogP contribution >= 0.6 is 0 Å². The number of pyridine rings is 1. The summed E-state index contributed by atoms with van der Waals surface area (Å²) in [5.74, 6) is 0.653. The normalized spacial score (nSPS) is 24.5. The highest BCUT2D eigenvalue weighted by molar-refractivity contribution is 7.89. The van der Waals surface area contributed by atoms with E-state index in [1.54, 1.807) is 29.6 Å². The van der Waals surface area contributed by atoms with Gasteiger partial charge in [0, 0.05) is 42.8 Å². The van der Waals surface area contributed by atoms with Crippen molar-refractivity contribution in [1.82, 2.24) is 18.8 Å². The van der Waals surface area contributed by atoms with Crippen molar-refractivity contribution in [1.29, 1.82) is 0 Å². The van der Waals surface area contributed by atoms with E-state index < -0.39 is 10.0 Å². The molecule has 0 bridgehead atoms. The lowest BCUT2D eigenvalue weighted by molar-refractivity contribution is 0.329. The molecule has 5 rings (SSSR count). The molecule has 1 atom stereocenters. The van der Waals surface area contributed by atoms with E-state index in [0.29, 0.717) is 42.9 Å². The number of hydrogen-bond donors (Lipinski definition) is 1. The highest BCUT2D eigenvalue weighted by atomic mass is 32.2. The molecule has 3 aliphatic rings. The van der Waals surface area contributed by atoms with Crippen LogP contribution in [0.25, 0.3) is 11.0 Å². The molecule has 0 unspecified atom stereocenters. The number of anilines is 1. The van der Waals surface area contributed by atoms with Crippen molar-refractivity contribution in [2.75, 3.05) is 24.2 Å². The maximum Gasteiger partial charge on any atom is 0.252 e. The zero-order valence-electron chi connectivity index (χ0n) is 17.4. The van der Waals surface area contributed by atoms with Crippen LogP contribution < -0.4 is 10.9 Å². The molecule has 3 heterocycles. The van der Waals surface area contributed by atoms with E-state index in [9.17, 15) is 13.2 Å². The molecular formula is C21H29N5O3S. The molecular weight excluding hydrogens is 402 g/mol. The summed E-state index contributed by atoms with van der Waals surface area (Å²) in [4.78, 5) is 22.0. The minimum atomic E-state index is -3.14. The molecule has 1 N–H and O–H groups in total. The van der Waals surface area contributed by atoms with Crippen molar-refractivity contribution in [3.63, 3.8) is 0 Å². The number of sulfonamides is 1. The van der Waals surface area contributed by atoms with Crippen LogP contribution in [0.4, 0.5) is 5.95 Å². The SMILES string of the molecule is CCS(=O)(=O)N1CCC(Nc2ncc3ccc(=O)n([C@H]4CCCC45CC5)c3n2)CC1. The van der Waals surface area contributed by atoms with Crippen molar-refractivity contribution in [3.05, 3.63) is 28.7 Å². The predicted octanol–water partition coefficient (Wildman–Crippen LogP) is 2.52. The van der Waals surface area contributed by atoms with E-state index >= 15 is 0 Å². The van der Waals surface area contributed by atoms with E-state index in [2.05, 4.69) is 10.3 Å². The van der Waals surface area contributed by atoms with Gasteiger partial charge in [0.2, 0.25) is 16.0 Å². The molecule has 1 spiro atoms. The zero-order valence-corrected chi connectivity index (χ0v) is 18.2. The third-order valence-electron chi connectivity index (χ3n) is 7.28. The van der Waals surface area contributed by atoms with Crippen molar-refractivity contribution < 1.29 is 8.42 Å². The molecule has 0 aromatic carbocycles. The quantitative estimate of drug-likeness (QED) is 0.781. The zero-order chi connectivity index (χ0) is 20.9. The highest BCUT2D eigenvalue weighted by Crippen LogP contribution is 2.63. The number of hydrogen-bond acceptors (Lipinski definition) is 6. The lowest BCUT2D eigenvalue weighted by atomic mass is 10.00. The van der Waals surface area contributed by atoms with Gasteiger partial charge in [-0.1, -0.05) is 6.42 Å². The standard InChI is InChI=1S/C21H29N5O3S/c1-2-30(28,29)25-12-7-16(8-13-25)23-20-22-14-15-5-6-18(27)26(19(15)24-20)17-4-3-9-21(17)10-11-21/h5-6,14,16-17H,2-4,7-13H2,1H3,(H,22,23,24)/t17-/m0/s1. The van der Waals surface area contributed by atoms with Crippen molar-refractivity contribution in [3.8, 4) is 0 Å². The second-order valence-electron chi connectivity index (χ2n) is 9.00. The molecule has 8 nitrogen and oxygen atoms in total. The smallest absolute Gasteiger partial charge is 0.252 e. The number of rotatable bonds is 5. The van der Waals surface area contributed by atoms with Crippen LogP contribution in [0.2, 0.25) is 0 Å². The molecule has 0 radical (unpaired) electrons. The molecule has 0 amide bonds. The summed E-state index contributed by atoms with van der Waals surface area (Å²) in [6.45, 7) is 2.70. The lowest BCUT2D eigenvalue weighted by Gasteiger charge is -2.31. The van der Waals surface area contributed by atoms with Gasteiger partial charge in [-0.3, -0.25) is 9.36 Å². The van der Waals surface area contributed by atoms with Crippen LogP contribution in [-0.4, -0.2) is 52.1 Å². The number of fused-ring (bicyclic) bond motifs is 1. The van der Waals surface area contributed by atoms with Crippen molar-refractivity contribution in [2.45, 2.75) is 64.0 Å². The summed E-state index contributed by atoms with van der Waals surface area (Å²) in [5, 5.41) is 4.26. The van der Waals surface area contributed by atoms with Crippen LogP contribution in [0, 0.1) is 5.41 Å². The van der Waals surface area contributed by atoms with Crippen molar-refractivity contribution >= 4 is 27.0 Å². The van der Waals surface area contributed by atoms with Gasteiger partial charge in [0.05, 0.1) is 5.75 Å².